The minimum Gasteiger partial charge on any atom is -0.225 e. The molecule has 122 valence electrons. The molecule has 0 aliphatic carbocycles. The van der Waals surface area contributed by atoms with E-state index in [2.05, 4.69) is 0 Å². The standard InChI is InChI=1S/C16H16ClFN2O2S/c17-10-3-11-19-12-13-4-1-2-5-16(13)20(23(19,21)22)15-8-6-14(18)7-9-15/h1-2,4-9H,3,10-12H2. The van der Waals surface area contributed by atoms with Gasteiger partial charge in [-0.1, -0.05) is 18.2 Å². The summed E-state index contributed by atoms with van der Waals surface area (Å²) in [6.07, 6.45) is 0.570. The van der Waals surface area contributed by atoms with E-state index in [1.165, 1.54) is 32.9 Å². The molecule has 0 bridgehead atoms. The molecule has 0 atom stereocenters. The number of halogens is 2. The summed E-state index contributed by atoms with van der Waals surface area (Å²) >= 11 is 5.71. The van der Waals surface area contributed by atoms with Crippen molar-refractivity contribution in [2.24, 2.45) is 0 Å². The Morgan fingerprint density at radius 2 is 1.78 bits per heavy atom. The van der Waals surface area contributed by atoms with E-state index in [1.54, 1.807) is 12.1 Å². The second-order valence-corrected chi connectivity index (χ2v) is 7.41. The van der Waals surface area contributed by atoms with Gasteiger partial charge in [0.1, 0.15) is 5.82 Å². The zero-order valence-electron chi connectivity index (χ0n) is 12.3. The largest absolute Gasteiger partial charge is 0.308 e. The van der Waals surface area contributed by atoms with Crippen LogP contribution in [0.1, 0.15) is 12.0 Å². The Hall–Kier alpha value is -1.63. The highest BCUT2D eigenvalue weighted by Gasteiger charge is 2.37. The van der Waals surface area contributed by atoms with Crippen LogP contribution in [0.4, 0.5) is 15.8 Å². The quantitative estimate of drug-likeness (QED) is 0.786. The highest BCUT2D eigenvalue weighted by molar-refractivity contribution is 7.90. The number of para-hydroxylation sites is 1. The van der Waals surface area contributed by atoms with Crippen molar-refractivity contribution >= 4 is 33.2 Å². The van der Waals surface area contributed by atoms with Crippen LogP contribution in [0, 0.1) is 5.82 Å². The lowest BCUT2D eigenvalue weighted by Crippen LogP contribution is -2.45. The molecule has 0 radical (unpaired) electrons. The zero-order chi connectivity index (χ0) is 16.4. The summed E-state index contributed by atoms with van der Waals surface area (Å²) in [5.41, 5.74) is 1.91. The first kappa shape index (κ1) is 16.2. The summed E-state index contributed by atoms with van der Waals surface area (Å²) < 4.78 is 41.8. The molecular formula is C16H16ClFN2O2S. The van der Waals surface area contributed by atoms with Crippen LogP contribution in [0.15, 0.2) is 48.5 Å². The number of anilines is 2. The Balaban J connectivity index is 2.11. The average Bonchev–Trinajstić information content (AvgIpc) is 2.54. The van der Waals surface area contributed by atoms with Gasteiger partial charge in [0.2, 0.25) is 0 Å². The molecule has 2 aromatic rings. The van der Waals surface area contributed by atoms with Crippen molar-refractivity contribution in [1.82, 2.24) is 4.31 Å². The maximum atomic E-state index is 13.2. The van der Waals surface area contributed by atoms with E-state index in [-0.39, 0.29) is 0 Å². The summed E-state index contributed by atoms with van der Waals surface area (Å²) in [6.45, 7) is 0.658. The van der Waals surface area contributed by atoms with Gasteiger partial charge in [0, 0.05) is 19.0 Å². The molecule has 1 heterocycles. The van der Waals surface area contributed by atoms with Crippen molar-refractivity contribution in [2.45, 2.75) is 13.0 Å². The summed E-state index contributed by atoms with van der Waals surface area (Å²) in [5, 5.41) is 0. The molecular weight excluding hydrogens is 339 g/mol. The van der Waals surface area contributed by atoms with Gasteiger partial charge in [0.25, 0.3) is 0 Å². The topological polar surface area (TPSA) is 40.6 Å². The van der Waals surface area contributed by atoms with Crippen LogP contribution in [0.2, 0.25) is 0 Å². The van der Waals surface area contributed by atoms with Crippen LogP contribution in [0.3, 0.4) is 0 Å². The van der Waals surface area contributed by atoms with E-state index in [0.29, 0.717) is 36.8 Å². The minimum atomic E-state index is -3.73. The van der Waals surface area contributed by atoms with E-state index in [4.69, 9.17) is 11.6 Å². The number of benzene rings is 2. The Labute approximate surface area is 140 Å². The van der Waals surface area contributed by atoms with E-state index in [0.717, 1.165) is 5.56 Å². The molecule has 7 heteroatoms. The van der Waals surface area contributed by atoms with Gasteiger partial charge in [-0.05, 0) is 42.3 Å². The number of alkyl halides is 1. The van der Waals surface area contributed by atoms with Gasteiger partial charge in [-0.3, -0.25) is 0 Å². The van der Waals surface area contributed by atoms with Crippen LogP contribution in [-0.4, -0.2) is 25.1 Å². The van der Waals surface area contributed by atoms with Gasteiger partial charge < -0.3 is 0 Å². The van der Waals surface area contributed by atoms with Crippen LogP contribution in [-0.2, 0) is 16.8 Å². The fraction of sp³-hybridized carbons (Fsp3) is 0.250. The fourth-order valence-electron chi connectivity index (χ4n) is 2.63. The monoisotopic (exact) mass is 354 g/mol. The molecule has 1 aliphatic heterocycles. The minimum absolute atomic E-state index is 0.313. The zero-order valence-corrected chi connectivity index (χ0v) is 13.9. The molecule has 0 fully saturated rings. The second kappa shape index (κ2) is 6.47. The number of hydrogen-bond donors (Lipinski definition) is 0. The SMILES string of the molecule is O=S1(=O)N(CCCCl)Cc2ccccc2N1c1ccc(F)cc1. The average molecular weight is 355 g/mol. The highest BCUT2D eigenvalue weighted by Crippen LogP contribution is 2.38. The smallest absolute Gasteiger partial charge is 0.225 e. The van der Waals surface area contributed by atoms with E-state index in [9.17, 15) is 12.8 Å². The van der Waals surface area contributed by atoms with Crippen LogP contribution >= 0.6 is 11.6 Å². The third-order valence-corrected chi connectivity index (χ3v) is 5.82. The van der Waals surface area contributed by atoms with Crippen molar-refractivity contribution in [3.05, 3.63) is 59.9 Å². The third kappa shape index (κ3) is 3.06. The lowest BCUT2D eigenvalue weighted by molar-refractivity contribution is 0.400. The van der Waals surface area contributed by atoms with Gasteiger partial charge in [-0.2, -0.15) is 12.7 Å². The molecule has 0 N–H and O–H groups in total. The summed E-state index contributed by atoms with van der Waals surface area (Å²) in [6, 6.07) is 12.8. The van der Waals surface area contributed by atoms with Crippen molar-refractivity contribution in [1.29, 1.82) is 0 Å². The Morgan fingerprint density at radius 1 is 1.09 bits per heavy atom. The normalized spacial score (nSPS) is 17.0. The Kier molecular flexibility index (Phi) is 4.57. The molecule has 0 saturated heterocycles. The van der Waals surface area contributed by atoms with Crippen LogP contribution in [0.25, 0.3) is 0 Å². The molecule has 0 aromatic heterocycles. The molecule has 0 spiro atoms. The lowest BCUT2D eigenvalue weighted by atomic mass is 10.1. The second-order valence-electron chi connectivity index (χ2n) is 5.25. The first-order chi connectivity index (χ1) is 11.0. The molecule has 4 nitrogen and oxygen atoms in total. The number of hydrogen-bond acceptors (Lipinski definition) is 2. The molecule has 0 unspecified atom stereocenters. The first-order valence-electron chi connectivity index (χ1n) is 7.24. The molecule has 2 aromatic carbocycles. The van der Waals surface area contributed by atoms with Gasteiger partial charge in [0.15, 0.2) is 0 Å². The molecule has 3 rings (SSSR count). The third-order valence-electron chi connectivity index (χ3n) is 3.72. The van der Waals surface area contributed by atoms with Gasteiger partial charge in [-0.25, -0.2) is 8.70 Å². The van der Waals surface area contributed by atoms with Gasteiger partial charge in [-0.15, -0.1) is 11.6 Å². The van der Waals surface area contributed by atoms with Gasteiger partial charge in [0.05, 0.1) is 11.4 Å². The number of rotatable bonds is 4. The molecule has 0 amide bonds. The maximum absolute atomic E-state index is 13.2. The van der Waals surface area contributed by atoms with E-state index in [1.807, 2.05) is 12.1 Å². The van der Waals surface area contributed by atoms with Crippen molar-refractivity contribution in [2.75, 3.05) is 16.7 Å². The van der Waals surface area contributed by atoms with Crippen LogP contribution in [0.5, 0.6) is 0 Å². The van der Waals surface area contributed by atoms with Crippen molar-refractivity contribution < 1.29 is 12.8 Å². The number of nitrogens with zero attached hydrogens (tertiary/aromatic N) is 2. The van der Waals surface area contributed by atoms with Crippen molar-refractivity contribution in [3.63, 3.8) is 0 Å². The molecule has 23 heavy (non-hydrogen) atoms. The summed E-state index contributed by atoms with van der Waals surface area (Å²) in [5.74, 6) is -0.0139. The predicted octanol–water partition coefficient (Wildman–Crippen LogP) is 3.65. The van der Waals surface area contributed by atoms with E-state index < -0.39 is 16.0 Å². The Bertz CT molecular complexity index is 796. The fourth-order valence-corrected chi connectivity index (χ4v) is 4.46. The Morgan fingerprint density at radius 3 is 2.48 bits per heavy atom. The molecule has 0 saturated carbocycles. The number of fused-ring (bicyclic) bond motifs is 1. The molecule has 1 aliphatic rings. The van der Waals surface area contributed by atoms with Gasteiger partial charge >= 0.3 is 10.2 Å². The van der Waals surface area contributed by atoms with E-state index >= 15 is 0 Å². The predicted molar refractivity (Wildman–Crippen MR) is 89.6 cm³/mol. The highest BCUT2D eigenvalue weighted by atomic mass is 35.5. The van der Waals surface area contributed by atoms with Crippen molar-refractivity contribution in [3.8, 4) is 0 Å². The first-order valence-corrected chi connectivity index (χ1v) is 9.17. The summed E-state index contributed by atoms with van der Waals surface area (Å²) in [7, 11) is -3.73. The maximum Gasteiger partial charge on any atom is 0.308 e. The van der Waals surface area contributed by atoms with Crippen LogP contribution < -0.4 is 4.31 Å². The lowest BCUT2D eigenvalue weighted by Gasteiger charge is -2.37. The summed E-state index contributed by atoms with van der Waals surface area (Å²) in [4.78, 5) is 0.